The predicted octanol–water partition coefficient (Wildman–Crippen LogP) is 4.90. The van der Waals surface area contributed by atoms with Crippen LogP contribution in [0.2, 0.25) is 5.02 Å². The molecule has 3 fully saturated rings. The Labute approximate surface area is 332 Å². The van der Waals surface area contributed by atoms with E-state index >= 15 is 0 Å². The average Bonchev–Trinajstić information content (AvgIpc) is 3.97. The van der Waals surface area contributed by atoms with Gasteiger partial charge < -0.3 is 20.3 Å². The standard InChI is InChI=1S/C38H41ClFN7O7S2/c39-28-9-6-7-22-18-46(20-27(22)28)37(51)54-25-15-32-33(48)44-38(35(50)45-56(52,53)26-12-13-26)16-23(38)8-4-2-1-3-5-10-30(34(49)47(32)19-25)42-36-43-31(21-55-36)29-14-11-24(40)17-41-29/h4,6-9,11,14,17,21,23,25-26,30,32H,1-3,5,10,12-13,15-16,18-20H2,(H,42,43)(H,44,48)(H,45,50)/b8-4-/t23-,25-,30+,32+,38-/m1/s1. The minimum Gasteiger partial charge on any atom is -0.444 e. The summed E-state index contributed by atoms with van der Waals surface area (Å²) in [7, 11) is -3.91. The second-order valence-electron chi connectivity index (χ2n) is 15.1. The number of carbonyl (C=O) groups is 4. The SMILES string of the molecule is O=C1N[C@]2(C(=O)NS(=O)(=O)C3CC3)C[C@H]2/C=C\CCCCC[C@H](Nc2nc(-c3ccc(F)cn3)cs2)C(=O)N2C[C@H](OC(=O)N3Cc4cccc(Cl)c4C3)C[C@@H]12. The topological polar surface area (TPSA) is 180 Å². The maximum absolute atomic E-state index is 14.6. The van der Waals surface area contributed by atoms with Crippen LogP contribution in [0.25, 0.3) is 11.4 Å². The molecule has 56 heavy (non-hydrogen) atoms. The molecule has 2 saturated carbocycles. The van der Waals surface area contributed by atoms with E-state index in [9.17, 15) is 32.0 Å². The van der Waals surface area contributed by atoms with Crippen LogP contribution >= 0.6 is 22.9 Å². The number of thiazole rings is 1. The van der Waals surface area contributed by atoms with E-state index in [-0.39, 0.29) is 25.9 Å². The van der Waals surface area contributed by atoms with Gasteiger partial charge in [0.1, 0.15) is 35.2 Å². The zero-order valence-corrected chi connectivity index (χ0v) is 32.7. The quantitative estimate of drug-likeness (QED) is 0.278. The zero-order chi connectivity index (χ0) is 39.2. The molecule has 296 valence electrons. The first-order valence-corrected chi connectivity index (χ1v) is 21.6. The number of hydrogen-bond donors (Lipinski definition) is 3. The third kappa shape index (κ3) is 7.98. The number of anilines is 1. The molecule has 0 spiro atoms. The highest BCUT2D eigenvalue weighted by Gasteiger charge is 2.62. The van der Waals surface area contributed by atoms with Crippen LogP contribution in [0.5, 0.6) is 0 Å². The molecular weight excluding hydrogens is 785 g/mol. The lowest BCUT2D eigenvalue weighted by atomic mass is 10.1. The summed E-state index contributed by atoms with van der Waals surface area (Å²) >= 11 is 7.64. The van der Waals surface area contributed by atoms with Crippen molar-refractivity contribution < 1.29 is 36.7 Å². The molecular formula is C38H41ClFN7O7S2. The summed E-state index contributed by atoms with van der Waals surface area (Å²) in [5, 5.41) is 8.19. The second-order valence-corrected chi connectivity index (χ2v) is 18.3. The van der Waals surface area contributed by atoms with E-state index in [1.807, 2.05) is 24.3 Å². The van der Waals surface area contributed by atoms with Gasteiger partial charge in [-0.3, -0.25) is 29.0 Å². The van der Waals surface area contributed by atoms with Crippen molar-refractivity contribution in [1.82, 2.24) is 29.8 Å². The minimum atomic E-state index is -3.91. The van der Waals surface area contributed by atoms with E-state index in [1.54, 1.807) is 11.4 Å². The lowest BCUT2D eigenvalue weighted by molar-refractivity contribution is -0.140. The van der Waals surface area contributed by atoms with Crippen molar-refractivity contribution in [2.24, 2.45) is 5.92 Å². The number of sulfonamides is 1. The number of nitrogens with one attached hydrogen (secondary N) is 3. The van der Waals surface area contributed by atoms with Crippen LogP contribution in [-0.4, -0.2) is 87.5 Å². The van der Waals surface area contributed by atoms with E-state index in [0.29, 0.717) is 60.2 Å². The van der Waals surface area contributed by atoms with Gasteiger partial charge in [-0.15, -0.1) is 11.3 Å². The van der Waals surface area contributed by atoms with E-state index in [2.05, 4.69) is 25.3 Å². The van der Waals surface area contributed by atoms with Crippen molar-refractivity contribution in [3.05, 3.63) is 76.0 Å². The minimum absolute atomic E-state index is 0.0478. The smallest absolute Gasteiger partial charge is 0.410 e. The third-order valence-electron chi connectivity index (χ3n) is 11.1. The third-order valence-corrected chi connectivity index (χ3v) is 14.0. The van der Waals surface area contributed by atoms with Crippen molar-refractivity contribution >= 4 is 61.9 Å². The van der Waals surface area contributed by atoms with Crippen LogP contribution in [-0.2, 0) is 42.2 Å². The molecule has 5 heterocycles. The van der Waals surface area contributed by atoms with Crippen LogP contribution < -0.4 is 15.4 Å². The highest BCUT2D eigenvalue weighted by atomic mass is 35.5. The molecule has 0 radical (unpaired) electrons. The van der Waals surface area contributed by atoms with Gasteiger partial charge in [-0.1, -0.05) is 48.7 Å². The number of benzene rings is 1. The number of aromatic nitrogens is 2. The number of amides is 4. The summed E-state index contributed by atoms with van der Waals surface area (Å²) in [5.41, 5.74) is 1.16. The molecule has 1 aromatic carbocycles. The number of fused-ring (bicyclic) bond motifs is 3. The van der Waals surface area contributed by atoms with Gasteiger partial charge in [0.2, 0.25) is 21.8 Å². The van der Waals surface area contributed by atoms with Gasteiger partial charge in [-0.2, -0.15) is 0 Å². The molecule has 2 aromatic heterocycles. The largest absolute Gasteiger partial charge is 0.444 e. The van der Waals surface area contributed by atoms with Crippen LogP contribution in [0, 0.1) is 11.7 Å². The van der Waals surface area contributed by atoms with E-state index in [0.717, 1.165) is 30.2 Å². The van der Waals surface area contributed by atoms with Crippen LogP contribution in [0.4, 0.5) is 14.3 Å². The Morgan fingerprint density at radius 2 is 1.91 bits per heavy atom. The number of pyridine rings is 1. The molecule has 5 atom stereocenters. The van der Waals surface area contributed by atoms with Gasteiger partial charge in [-0.05, 0) is 67.9 Å². The summed E-state index contributed by atoms with van der Waals surface area (Å²) in [5.74, 6) is -2.81. The molecule has 8 rings (SSSR count). The van der Waals surface area contributed by atoms with Gasteiger partial charge in [0.25, 0.3) is 5.91 Å². The fourth-order valence-electron chi connectivity index (χ4n) is 7.71. The normalized spacial score (nSPS) is 27.2. The average molecular weight is 826 g/mol. The Morgan fingerprint density at radius 3 is 2.68 bits per heavy atom. The first-order chi connectivity index (χ1) is 26.9. The molecule has 0 bridgehead atoms. The Balaban J connectivity index is 1.06. The zero-order valence-electron chi connectivity index (χ0n) is 30.3. The fraction of sp³-hybridized carbons (Fsp3) is 0.474. The van der Waals surface area contributed by atoms with Gasteiger partial charge in [0, 0.05) is 29.3 Å². The number of nitrogens with zero attached hydrogens (tertiary/aromatic N) is 4. The van der Waals surface area contributed by atoms with Crippen LogP contribution in [0.15, 0.2) is 54.1 Å². The van der Waals surface area contributed by atoms with Gasteiger partial charge >= 0.3 is 6.09 Å². The molecule has 3 aromatic rings. The molecule has 1 saturated heterocycles. The molecule has 2 aliphatic carbocycles. The molecule has 18 heteroatoms. The van der Waals surface area contributed by atoms with Crippen LogP contribution in [0.3, 0.4) is 0 Å². The summed E-state index contributed by atoms with van der Waals surface area (Å²) in [6.07, 6.45) is 7.85. The van der Waals surface area contributed by atoms with Gasteiger partial charge in [0.15, 0.2) is 5.13 Å². The number of halogens is 2. The molecule has 0 unspecified atom stereocenters. The molecule has 3 N–H and O–H groups in total. The monoisotopic (exact) mass is 825 g/mol. The summed E-state index contributed by atoms with van der Waals surface area (Å²) < 4.78 is 47.4. The Hall–Kier alpha value is -4.61. The number of hydrogen-bond acceptors (Lipinski definition) is 11. The fourth-order valence-corrected chi connectivity index (χ4v) is 10.1. The number of allylic oxidation sites excluding steroid dienone is 1. The van der Waals surface area contributed by atoms with E-state index in [4.69, 9.17) is 16.3 Å². The number of rotatable bonds is 7. The molecule has 3 aliphatic heterocycles. The van der Waals surface area contributed by atoms with Crippen LogP contribution in [0.1, 0.15) is 68.9 Å². The summed E-state index contributed by atoms with van der Waals surface area (Å²) in [6.45, 7) is 0.446. The Morgan fingerprint density at radius 1 is 1.07 bits per heavy atom. The van der Waals surface area contributed by atoms with Gasteiger partial charge in [-0.25, -0.2) is 22.6 Å². The highest BCUT2D eigenvalue weighted by Crippen LogP contribution is 2.46. The number of ether oxygens (including phenoxy) is 1. The maximum Gasteiger partial charge on any atom is 0.410 e. The lowest BCUT2D eigenvalue weighted by Crippen LogP contribution is -2.57. The van der Waals surface area contributed by atoms with E-state index in [1.165, 1.54) is 33.3 Å². The first-order valence-electron chi connectivity index (χ1n) is 18.8. The lowest BCUT2D eigenvalue weighted by Gasteiger charge is -2.29. The first kappa shape index (κ1) is 38.3. The Kier molecular flexibility index (Phi) is 10.5. The Bertz CT molecular complexity index is 2180. The molecule has 14 nitrogen and oxygen atoms in total. The number of carbonyl (C=O) groups excluding carboxylic acids is 4. The molecule has 5 aliphatic rings. The van der Waals surface area contributed by atoms with Crippen molar-refractivity contribution in [1.29, 1.82) is 0 Å². The van der Waals surface area contributed by atoms with Crippen molar-refractivity contribution in [2.45, 2.75) is 99.9 Å². The second kappa shape index (κ2) is 15.4. The highest BCUT2D eigenvalue weighted by molar-refractivity contribution is 7.91. The van der Waals surface area contributed by atoms with Crippen molar-refractivity contribution in [3.8, 4) is 11.4 Å². The molecule has 4 amide bonds. The van der Waals surface area contributed by atoms with Crippen molar-refractivity contribution in [3.63, 3.8) is 0 Å². The maximum atomic E-state index is 14.6. The van der Waals surface area contributed by atoms with Gasteiger partial charge in [0.05, 0.1) is 30.2 Å². The summed E-state index contributed by atoms with van der Waals surface area (Å²) in [4.78, 5) is 67.9. The van der Waals surface area contributed by atoms with Crippen molar-refractivity contribution in [2.75, 3.05) is 11.9 Å². The summed E-state index contributed by atoms with van der Waals surface area (Å²) in [6, 6.07) is 6.29. The predicted molar refractivity (Wildman–Crippen MR) is 205 cm³/mol. The van der Waals surface area contributed by atoms with E-state index < -0.39 is 74.5 Å².